The molecular formula is C29H43N7O4. The van der Waals surface area contributed by atoms with Crippen LogP contribution in [0.15, 0.2) is 24.7 Å². The van der Waals surface area contributed by atoms with Gasteiger partial charge in [0.25, 0.3) is 0 Å². The Morgan fingerprint density at radius 1 is 1.27 bits per heavy atom. The number of hydrogen-bond acceptors (Lipinski definition) is 8. The van der Waals surface area contributed by atoms with E-state index >= 15 is 0 Å². The second kappa shape index (κ2) is 11.1. The number of ether oxygens (including phenoxy) is 2. The highest BCUT2D eigenvalue weighted by Gasteiger charge is 2.39. The number of anilines is 1. The fraction of sp³-hybridized carbons (Fsp3) is 0.655. The third kappa shape index (κ3) is 5.73. The van der Waals surface area contributed by atoms with E-state index in [0.717, 1.165) is 48.0 Å². The second-order valence-corrected chi connectivity index (χ2v) is 12.4. The quantitative estimate of drug-likeness (QED) is 0.436. The molecule has 11 nitrogen and oxygen atoms in total. The molecule has 1 atom stereocenters. The maximum absolute atomic E-state index is 13.6. The highest BCUT2D eigenvalue weighted by atomic mass is 16.5. The number of carbonyl (C=O) groups is 1. The molecule has 2 fully saturated rings. The van der Waals surface area contributed by atoms with Crippen LogP contribution in [0.25, 0.3) is 16.6 Å². The summed E-state index contributed by atoms with van der Waals surface area (Å²) >= 11 is 0. The minimum atomic E-state index is -0.866. The van der Waals surface area contributed by atoms with Crippen molar-refractivity contribution in [3.05, 3.63) is 30.4 Å². The Hall–Kier alpha value is -3.02. The maximum Gasteiger partial charge on any atom is 0.250 e. The topological polar surface area (TPSA) is 119 Å². The number of rotatable bonds is 8. The lowest BCUT2D eigenvalue weighted by atomic mass is 9.85. The van der Waals surface area contributed by atoms with E-state index in [9.17, 15) is 9.90 Å². The van der Waals surface area contributed by atoms with Gasteiger partial charge in [-0.3, -0.25) is 9.48 Å². The van der Waals surface area contributed by atoms with Crippen LogP contribution in [0.4, 0.5) is 5.95 Å². The summed E-state index contributed by atoms with van der Waals surface area (Å²) in [5.41, 5.74) is 2.62. The van der Waals surface area contributed by atoms with Crippen LogP contribution >= 0.6 is 0 Å². The number of aromatic nitrogens is 5. The average Bonchev–Trinajstić information content (AvgIpc) is 3.54. The molecule has 0 bridgehead atoms. The van der Waals surface area contributed by atoms with Crippen LogP contribution in [0, 0.1) is 0 Å². The summed E-state index contributed by atoms with van der Waals surface area (Å²) in [6.45, 7) is 12.0. The number of aliphatic hydroxyl groups is 1. The van der Waals surface area contributed by atoms with Crippen LogP contribution < -0.4 is 5.32 Å². The first-order chi connectivity index (χ1) is 19.0. The third-order valence-corrected chi connectivity index (χ3v) is 8.15. The van der Waals surface area contributed by atoms with Crippen LogP contribution in [0.1, 0.15) is 71.9 Å². The number of fused-ring (bicyclic) bond motifs is 1. The molecule has 5 rings (SSSR count). The van der Waals surface area contributed by atoms with E-state index in [4.69, 9.17) is 14.6 Å². The van der Waals surface area contributed by atoms with Crippen molar-refractivity contribution in [2.45, 2.75) is 89.5 Å². The van der Waals surface area contributed by atoms with Gasteiger partial charge in [0.2, 0.25) is 11.9 Å². The average molecular weight is 554 g/mol. The van der Waals surface area contributed by atoms with Gasteiger partial charge in [0.15, 0.2) is 0 Å². The lowest BCUT2D eigenvalue weighted by Crippen LogP contribution is -2.56. The van der Waals surface area contributed by atoms with E-state index in [1.165, 1.54) is 0 Å². The second-order valence-electron chi connectivity index (χ2n) is 12.4. The first-order valence-corrected chi connectivity index (χ1v) is 14.3. The number of methoxy groups -OCH3 is 1. The van der Waals surface area contributed by atoms with Crippen LogP contribution in [-0.2, 0) is 19.8 Å². The lowest BCUT2D eigenvalue weighted by molar-refractivity contribution is -0.154. The van der Waals surface area contributed by atoms with Gasteiger partial charge in [0.05, 0.1) is 42.8 Å². The zero-order valence-electron chi connectivity index (χ0n) is 24.6. The molecule has 0 aromatic carbocycles. The largest absolute Gasteiger partial charge is 0.393 e. The summed E-state index contributed by atoms with van der Waals surface area (Å²) in [4.78, 5) is 20.1. The number of amides is 1. The normalized spacial score (nSPS) is 22.4. The summed E-state index contributed by atoms with van der Waals surface area (Å²) < 4.78 is 14.8. The predicted molar refractivity (Wildman–Crippen MR) is 152 cm³/mol. The standard InChI is InChI=1S/C29H43N7O4/c1-19(17-39-6)32-27-30-15-25-23(13-24(36(25)33-27)20-7-9-22(37)10-8-20)21-14-31-35(16-21)29(4,5)26(38)34-11-12-40-28(2,3)18-34/h13-16,19-20,22,37H,7-12,17-18H2,1-6H3,(H,32,33)/t19-,20-,22-/m0/s1. The van der Waals surface area contributed by atoms with Crippen LogP contribution in [0.2, 0.25) is 0 Å². The molecule has 0 spiro atoms. The minimum absolute atomic E-state index is 0.0194. The Morgan fingerprint density at radius 3 is 2.73 bits per heavy atom. The fourth-order valence-electron chi connectivity index (χ4n) is 5.93. The zero-order chi connectivity index (χ0) is 28.7. The first kappa shape index (κ1) is 28.5. The predicted octanol–water partition coefficient (Wildman–Crippen LogP) is 3.43. The Morgan fingerprint density at radius 2 is 2.02 bits per heavy atom. The molecule has 1 saturated carbocycles. The van der Waals surface area contributed by atoms with Crippen molar-refractivity contribution < 1.29 is 19.4 Å². The molecule has 218 valence electrons. The highest BCUT2D eigenvalue weighted by Crippen LogP contribution is 2.38. The molecule has 1 aliphatic carbocycles. The molecule has 1 aliphatic heterocycles. The monoisotopic (exact) mass is 553 g/mol. The van der Waals surface area contributed by atoms with Crippen molar-refractivity contribution in [3.63, 3.8) is 0 Å². The van der Waals surface area contributed by atoms with Crippen molar-refractivity contribution in [2.75, 3.05) is 38.7 Å². The van der Waals surface area contributed by atoms with Gasteiger partial charge in [-0.25, -0.2) is 9.50 Å². The van der Waals surface area contributed by atoms with Crippen LogP contribution in [0.3, 0.4) is 0 Å². The molecular weight excluding hydrogens is 510 g/mol. The van der Waals surface area contributed by atoms with Crippen molar-refractivity contribution in [1.29, 1.82) is 0 Å². The molecule has 3 aromatic rings. The van der Waals surface area contributed by atoms with Crippen molar-refractivity contribution in [1.82, 2.24) is 29.3 Å². The number of aliphatic hydroxyl groups excluding tert-OH is 1. The minimum Gasteiger partial charge on any atom is -0.393 e. The van der Waals surface area contributed by atoms with Crippen molar-refractivity contribution >= 4 is 17.4 Å². The van der Waals surface area contributed by atoms with E-state index < -0.39 is 5.54 Å². The molecule has 2 N–H and O–H groups in total. The number of nitrogens with one attached hydrogen (secondary N) is 1. The zero-order valence-corrected chi connectivity index (χ0v) is 24.6. The fourth-order valence-corrected chi connectivity index (χ4v) is 5.93. The van der Waals surface area contributed by atoms with Gasteiger partial charge in [-0.1, -0.05) is 0 Å². The number of morpholine rings is 1. The van der Waals surface area contributed by atoms with E-state index in [0.29, 0.717) is 32.3 Å². The van der Waals surface area contributed by atoms with Gasteiger partial charge in [0, 0.05) is 55.2 Å². The van der Waals surface area contributed by atoms with Crippen molar-refractivity contribution in [3.8, 4) is 11.1 Å². The Balaban J connectivity index is 1.48. The molecule has 2 aliphatic rings. The van der Waals surface area contributed by atoms with Crippen molar-refractivity contribution in [2.24, 2.45) is 0 Å². The third-order valence-electron chi connectivity index (χ3n) is 8.15. The van der Waals surface area contributed by atoms with Gasteiger partial charge < -0.3 is 24.8 Å². The number of carbonyl (C=O) groups excluding carboxylic acids is 1. The molecule has 0 unspecified atom stereocenters. The van der Waals surface area contributed by atoms with E-state index in [2.05, 4.69) is 21.5 Å². The number of nitrogens with zero attached hydrogens (tertiary/aromatic N) is 6. The molecule has 40 heavy (non-hydrogen) atoms. The Kier molecular flexibility index (Phi) is 7.91. The summed E-state index contributed by atoms with van der Waals surface area (Å²) in [6.07, 6.45) is 8.72. The van der Waals surface area contributed by atoms with E-state index in [1.54, 1.807) is 11.8 Å². The first-order valence-electron chi connectivity index (χ1n) is 14.3. The molecule has 11 heteroatoms. The van der Waals surface area contributed by atoms with E-state index in [1.807, 2.05) is 62.6 Å². The van der Waals surface area contributed by atoms with Gasteiger partial charge >= 0.3 is 0 Å². The van der Waals surface area contributed by atoms with Crippen LogP contribution in [-0.4, -0.2) is 91.5 Å². The van der Waals surface area contributed by atoms with E-state index in [-0.39, 0.29) is 29.6 Å². The summed E-state index contributed by atoms with van der Waals surface area (Å²) in [5.74, 6) is 0.833. The maximum atomic E-state index is 13.6. The number of hydrogen-bond donors (Lipinski definition) is 2. The Labute approximate surface area is 235 Å². The molecule has 0 radical (unpaired) electrons. The van der Waals surface area contributed by atoms with Gasteiger partial charge in [-0.2, -0.15) is 5.10 Å². The molecule has 4 heterocycles. The molecule has 1 saturated heterocycles. The lowest BCUT2D eigenvalue weighted by Gasteiger charge is -2.41. The SMILES string of the molecule is COC[C@H](C)Nc1ncc2c(-c3cnn(C(C)(C)C(=O)N4CCOC(C)(C)C4)c3)cc([C@H]3CC[C@H](O)CC3)n2n1. The summed E-state index contributed by atoms with van der Waals surface area (Å²) in [5, 5.41) is 23.0. The van der Waals surface area contributed by atoms with Gasteiger partial charge in [-0.15, -0.1) is 5.10 Å². The molecule has 1 amide bonds. The van der Waals surface area contributed by atoms with Gasteiger partial charge in [0.1, 0.15) is 5.54 Å². The summed E-state index contributed by atoms with van der Waals surface area (Å²) in [7, 11) is 1.67. The van der Waals surface area contributed by atoms with Gasteiger partial charge in [-0.05, 0) is 66.4 Å². The highest BCUT2D eigenvalue weighted by molar-refractivity contribution is 5.85. The smallest absolute Gasteiger partial charge is 0.250 e. The van der Waals surface area contributed by atoms with Crippen LogP contribution in [0.5, 0.6) is 0 Å². The molecule has 3 aromatic heterocycles. The summed E-state index contributed by atoms with van der Waals surface area (Å²) in [6, 6.07) is 2.23. The Bertz CT molecular complexity index is 1340.